The molecule has 1 aliphatic rings. The summed E-state index contributed by atoms with van der Waals surface area (Å²) < 4.78 is 6.06. The number of piperidine rings is 1. The minimum Gasteiger partial charge on any atom is -0.370 e. The Kier molecular flexibility index (Phi) is 3.90. The first kappa shape index (κ1) is 14.1. The molecule has 1 unspecified atom stereocenters. The van der Waals surface area contributed by atoms with Crippen LogP contribution in [-0.4, -0.2) is 39.1 Å². The van der Waals surface area contributed by atoms with Gasteiger partial charge in [-0.15, -0.1) is 0 Å². The predicted octanol–water partition coefficient (Wildman–Crippen LogP) is 2.54. The van der Waals surface area contributed by atoms with Crippen molar-refractivity contribution >= 4 is 16.9 Å². The maximum Gasteiger partial charge on any atom is 0.142 e. The summed E-state index contributed by atoms with van der Waals surface area (Å²) in [7, 11) is 0. The molecule has 6 nitrogen and oxygen atoms in total. The van der Waals surface area contributed by atoms with E-state index in [0.29, 0.717) is 6.61 Å². The van der Waals surface area contributed by atoms with Crippen molar-refractivity contribution in [1.82, 2.24) is 19.9 Å². The first-order valence-electron chi connectivity index (χ1n) is 7.95. The molecular formula is C17H19N5O. The number of hydrogen-bond donors (Lipinski definition) is 1. The van der Waals surface area contributed by atoms with Gasteiger partial charge in [-0.2, -0.15) is 0 Å². The van der Waals surface area contributed by atoms with E-state index in [1.165, 1.54) is 0 Å². The van der Waals surface area contributed by atoms with Crippen LogP contribution in [0.2, 0.25) is 0 Å². The van der Waals surface area contributed by atoms with Gasteiger partial charge in [0.25, 0.3) is 0 Å². The van der Waals surface area contributed by atoms with Crippen molar-refractivity contribution < 1.29 is 4.74 Å². The molecule has 1 fully saturated rings. The number of pyridine rings is 1. The van der Waals surface area contributed by atoms with Gasteiger partial charge in [-0.25, -0.2) is 9.97 Å². The van der Waals surface area contributed by atoms with Crippen molar-refractivity contribution in [2.45, 2.75) is 25.6 Å². The lowest BCUT2D eigenvalue weighted by atomic mass is 10.1. The van der Waals surface area contributed by atoms with E-state index in [9.17, 15) is 0 Å². The molecule has 0 saturated carbocycles. The number of rotatable bonds is 4. The Balaban J connectivity index is 1.46. The fourth-order valence-corrected chi connectivity index (χ4v) is 3.06. The molecule has 0 aliphatic carbocycles. The second-order valence-electron chi connectivity index (χ2n) is 5.78. The number of nitrogens with zero attached hydrogens (tertiary/aromatic N) is 4. The monoisotopic (exact) mass is 309 g/mol. The average Bonchev–Trinajstić information content (AvgIpc) is 3.10. The number of aromatic nitrogens is 4. The zero-order valence-electron chi connectivity index (χ0n) is 12.9. The third-order valence-corrected chi connectivity index (χ3v) is 4.20. The molecule has 3 aromatic heterocycles. The average molecular weight is 309 g/mol. The summed E-state index contributed by atoms with van der Waals surface area (Å²) in [6, 6.07) is 7.93. The van der Waals surface area contributed by atoms with Crippen molar-refractivity contribution in [2.75, 3.05) is 18.0 Å². The van der Waals surface area contributed by atoms with Crippen LogP contribution in [0.1, 0.15) is 18.5 Å². The Labute approximate surface area is 134 Å². The van der Waals surface area contributed by atoms with Gasteiger partial charge in [0.05, 0.1) is 23.8 Å². The van der Waals surface area contributed by atoms with Crippen LogP contribution in [0.25, 0.3) is 11.0 Å². The molecule has 1 N–H and O–H groups in total. The van der Waals surface area contributed by atoms with E-state index in [0.717, 1.165) is 48.5 Å². The van der Waals surface area contributed by atoms with Gasteiger partial charge in [-0.3, -0.25) is 4.98 Å². The summed E-state index contributed by atoms with van der Waals surface area (Å²) in [5.74, 6) is 0.988. The maximum atomic E-state index is 6.06. The number of anilines is 1. The van der Waals surface area contributed by atoms with E-state index in [1.807, 2.05) is 30.5 Å². The van der Waals surface area contributed by atoms with Crippen LogP contribution in [-0.2, 0) is 11.3 Å². The van der Waals surface area contributed by atoms with E-state index in [2.05, 4.69) is 24.8 Å². The Morgan fingerprint density at radius 3 is 3.13 bits per heavy atom. The fraction of sp³-hybridized carbons (Fsp3) is 0.353. The molecule has 1 atom stereocenters. The molecule has 0 spiro atoms. The molecule has 23 heavy (non-hydrogen) atoms. The molecule has 4 heterocycles. The summed E-state index contributed by atoms with van der Waals surface area (Å²) in [5.41, 5.74) is 1.85. The lowest BCUT2D eigenvalue weighted by Gasteiger charge is -2.33. The van der Waals surface area contributed by atoms with Gasteiger partial charge in [0.15, 0.2) is 0 Å². The largest absolute Gasteiger partial charge is 0.370 e. The number of H-pyrrole nitrogens is 1. The smallest absolute Gasteiger partial charge is 0.142 e. The molecule has 0 amide bonds. The van der Waals surface area contributed by atoms with Gasteiger partial charge in [0, 0.05) is 25.5 Å². The van der Waals surface area contributed by atoms with Crippen molar-refractivity contribution in [3.63, 3.8) is 0 Å². The number of ether oxygens (including phenoxy) is 1. The van der Waals surface area contributed by atoms with Gasteiger partial charge in [0.2, 0.25) is 0 Å². The van der Waals surface area contributed by atoms with Gasteiger partial charge in [0.1, 0.15) is 17.8 Å². The van der Waals surface area contributed by atoms with Gasteiger partial charge < -0.3 is 14.6 Å². The van der Waals surface area contributed by atoms with Gasteiger partial charge in [-0.05, 0) is 31.0 Å². The predicted molar refractivity (Wildman–Crippen MR) is 88.1 cm³/mol. The van der Waals surface area contributed by atoms with Crippen LogP contribution < -0.4 is 4.90 Å². The Morgan fingerprint density at radius 1 is 1.22 bits per heavy atom. The minimum absolute atomic E-state index is 0.203. The number of aromatic amines is 1. The molecule has 1 aliphatic heterocycles. The van der Waals surface area contributed by atoms with E-state index >= 15 is 0 Å². The highest BCUT2D eigenvalue weighted by Gasteiger charge is 2.23. The molecule has 6 heteroatoms. The molecule has 118 valence electrons. The molecule has 0 radical (unpaired) electrons. The molecule has 4 rings (SSSR count). The highest BCUT2D eigenvalue weighted by atomic mass is 16.5. The highest BCUT2D eigenvalue weighted by Crippen LogP contribution is 2.26. The van der Waals surface area contributed by atoms with Crippen LogP contribution in [0.4, 0.5) is 5.82 Å². The quantitative estimate of drug-likeness (QED) is 0.802. The normalized spacial score (nSPS) is 18.4. The lowest BCUT2D eigenvalue weighted by Crippen LogP contribution is -2.40. The first-order valence-corrected chi connectivity index (χ1v) is 7.95. The van der Waals surface area contributed by atoms with Crippen LogP contribution in [0.3, 0.4) is 0 Å². The van der Waals surface area contributed by atoms with Crippen LogP contribution in [0.5, 0.6) is 0 Å². The van der Waals surface area contributed by atoms with Crippen molar-refractivity contribution in [2.24, 2.45) is 0 Å². The van der Waals surface area contributed by atoms with Crippen molar-refractivity contribution in [1.29, 1.82) is 0 Å². The van der Waals surface area contributed by atoms with Crippen molar-refractivity contribution in [3.8, 4) is 0 Å². The molecular weight excluding hydrogens is 290 g/mol. The zero-order valence-corrected chi connectivity index (χ0v) is 12.9. The number of nitrogens with one attached hydrogen (secondary N) is 1. The minimum atomic E-state index is 0.203. The second-order valence-corrected chi connectivity index (χ2v) is 5.78. The second kappa shape index (κ2) is 6.34. The van der Waals surface area contributed by atoms with Crippen LogP contribution in [0, 0.1) is 0 Å². The van der Waals surface area contributed by atoms with Gasteiger partial charge >= 0.3 is 0 Å². The molecule has 0 aromatic carbocycles. The highest BCUT2D eigenvalue weighted by molar-refractivity contribution is 5.87. The van der Waals surface area contributed by atoms with E-state index in [4.69, 9.17) is 4.74 Å². The zero-order chi connectivity index (χ0) is 15.5. The van der Waals surface area contributed by atoms with Crippen LogP contribution in [0.15, 0.2) is 43.0 Å². The third kappa shape index (κ3) is 3.03. The topological polar surface area (TPSA) is 66.9 Å². The van der Waals surface area contributed by atoms with Gasteiger partial charge in [-0.1, -0.05) is 6.07 Å². The summed E-state index contributed by atoms with van der Waals surface area (Å²) >= 11 is 0. The summed E-state index contributed by atoms with van der Waals surface area (Å²) in [6.07, 6.45) is 7.70. The van der Waals surface area contributed by atoms with E-state index in [1.54, 1.807) is 12.5 Å². The summed E-state index contributed by atoms with van der Waals surface area (Å²) in [6.45, 7) is 2.41. The summed E-state index contributed by atoms with van der Waals surface area (Å²) in [4.78, 5) is 18.5. The van der Waals surface area contributed by atoms with E-state index in [-0.39, 0.29) is 6.10 Å². The standard InChI is InChI=1S/C17H19N5O/c1-2-7-18-13(4-1)11-23-14-5-3-9-22(10-14)17-15-6-8-19-16(15)20-12-21-17/h1-2,4,6-8,12,14H,3,5,9-11H2,(H,19,20,21). The number of hydrogen-bond acceptors (Lipinski definition) is 5. The fourth-order valence-electron chi connectivity index (χ4n) is 3.06. The van der Waals surface area contributed by atoms with E-state index < -0.39 is 0 Å². The lowest BCUT2D eigenvalue weighted by molar-refractivity contribution is 0.0297. The maximum absolute atomic E-state index is 6.06. The molecule has 0 bridgehead atoms. The summed E-state index contributed by atoms with van der Waals surface area (Å²) in [5, 5.41) is 1.07. The Morgan fingerprint density at radius 2 is 2.22 bits per heavy atom. The molecule has 1 saturated heterocycles. The van der Waals surface area contributed by atoms with Crippen LogP contribution >= 0.6 is 0 Å². The SMILES string of the molecule is c1ccc(COC2CCCN(c3ncnc4[nH]ccc34)C2)nc1. The Bertz CT molecular complexity index is 773. The first-order chi connectivity index (χ1) is 11.4. The van der Waals surface area contributed by atoms with Crippen molar-refractivity contribution in [3.05, 3.63) is 48.7 Å². The third-order valence-electron chi connectivity index (χ3n) is 4.20. The Hall–Kier alpha value is -2.47. The molecule has 3 aromatic rings. The number of fused-ring (bicyclic) bond motifs is 1.